The maximum absolute atomic E-state index is 5.85. The molecule has 0 atom stereocenters. The monoisotopic (exact) mass is 795 g/mol. The van der Waals surface area contributed by atoms with Gasteiger partial charge in [-0.15, -0.1) is 15.0 Å². The van der Waals surface area contributed by atoms with Gasteiger partial charge in [-0.2, -0.15) is 73.2 Å². The Labute approximate surface area is 317 Å². The average Bonchev–Trinajstić information content (AvgIpc) is 3.09. The molecular weight excluding hydrogens is 739 g/mol. The lowest BCUT2D eigenvalue weighted by Gasteiger charge is -2.10. The van der Waals surface area contributed by atoms with Gasteiger partial charge in [0.1, 0.15) is 0 Å². The second-order valence-electron chi connectivity index (χ2n) is 9.47. The minimum Gasteiger partial charge on any atom is -0.463 e. The summed E-state index contributed by atoms with van der Waals surface area (Å²) in [5, 5.41) is 0. The summed E-state index contributed by atoms with van der Waals surface area (Å²) >= 11 is 17.8. The van der Waals surface area contributed by atoms with E-state index < -0.39 is 0 Å². The first-order chi connectivity index (χ1) is 23.8. The van der Waals surface area contributed by atoms with Crippen molar-refractivity contribution < 1.29 is 42.6 Å². The molecule has 0 amide bonds. The van der Waals surface area contributed by atoms with Crippen LogP contribution < -0.4 is 14.2 Å². The summed E-state index contributed by atoms with van der Waals surface area (Å²) in [6, 6.07) is 0.623. The van der Waals surface area contributed by atoms with Crippen LogP contribution in [0.5, 0.6) is 18.0 Å². The predicted molar refractivity (Wildman–Crippen MR) is 209 cm³/mol. The van der Waals surface area contributed by atoms with E-state index in [2.05, 4.69) is 52.8 Å². The van der Waals surface area contributed by atoms with E-state index in [0.717, 1.165) is 71.0 Å². The van der Waals surface area contributed by atoms with Crippen molar-refractivity contribution in [2.75, 3.05) is 151 Å². The Morgan fingerprint density at radius 3 is 0.875 bits per heavy atom. The van der Waals surface area contributed by atoms with Gasteiger partial charge in [-0.05, 0) is 36.5 Å². The predicted octanol–water partition coefficient (Wildman–Crippen LogP) is 4.27. The molecule has 0 radical (unpaired) electrons. The summed E-state index contributed by atoms with van der Waals surface area (Å²) in [6.45, 7) is 9.11. The van der Waals surface area contributed by atoms with Crippen molar-refractivity contribution >= 4 is 73.2 Å². The first-order valence-corrected chi connectivity index (χ1v) is 21.8. The van der Waals surface area contributed by atoms with E-state index >= 15 is 0 Å². The van der Waals surface area contributed by atoms with Crippen LogP contribution in [0.25, 0.3) is 0 Å². The number of hydrogen-bond donors (Lipinski definition) is 3. The maximum Gasteiger partial charge on any atom is 0.325 e. The SMILES string of the molecule is SCCOCCOCCSCCCOc1nc(OCCCSCCOCCOCCS)nc(OCCCSCCOCCOCCS)n1. The highest BCUT2D eigenvalue weighted by Gasteiger charge is 2.11. The van der Waals surface area contributed by atoms with Crippen molar-refractivity contribution in [3.05, 3.63) is 0 Å². The van der Waals surface area contributed by atoms with Crippen LogP contribution >= 0.6 is 73.2 Å². The highest BCUT2D eigenvalue weighted by Crippen LogP contribution is 2.16. The van der Waals surface area contributed by atoms with Gasteiger partial charge in [0.2, 0.25) is 0 Å². The minimum absolute atomic E-state index is 0.208. The summed E-state index contributed by atoms with van der Waals surface area (Å²) in [6.07, 6.45) is 2.54. The smallest absolute Gasteiger partial charge is 0.325 e. The number of thioether (sulfide) groups is 3. The zero-order chi connectivity index (χ0) is 34.4. The lowest BCUT2D eigenvalue weighted by molar-refractivity contribution is 0.0606. The van der Waals surface area contributed by atoms with Crippen LogP contribution in [-0.4, -0.2) is 166 Å². The van der Waals surface area contributed by atoms with Crippen molar-refractivity contribution in [2.24, 2.45) is 0 Å². The van der Waals surface area contributed by atoms with Gasteiger partial charge >= 0.3 is 18.0 Å². The van der Waals surface area contributed by atoms with E-state index in [1.807, 2.05) is 35.3 Å². The van der Waals surface area contributed by atoms with Gasteiger partial charge in [0, 0.05) is 34.5 Å². The molecule has 0 bridgehead atoms. The summed E-state index contributed by atoms with van der Waals surface area (Å²) in [5.74, 6) is 7.75. The Morgan fingerprint density at radius 1 is 0.333 bits per heavy atom. The summed E-state index contributed by atoms with van der Waals surface area (Å²) < 4.78 is 50.3. The molecule has 48 heavy (non-hydrogen) atoms. The standard InChI is InChI=1S/C30H57N3O9S6/c43-19-13-34-7-10-37-16-25-46-22-1-4-40-28-31-29(41-5-2-23-47-26-17-38-11-8-35-14-20-44)33-30(32-28)42-6-3-24-48-27-18-39-12-9-36-15-21-45/h43-45H,1-27H2. The Morgan fingerprint density at radius 2 is 0.604 bits per heavy atom. The van der Waals surface area contributed by atoms with Gasteiger partial charge in [-0.25, -0.2) is 0 Å². The molecule has 18 heteroatoms. The fourth-order valence-corrected chi connectivity index (χ4v) is 5.98. The molecule has 1 aromatic rings. The fraction of sp³-hybridized carbons (Fsp3) is 0.900. The summed E-state index contributed by atoms with van der Waals surface area (Å²) in [4.78, 5) is 13.1. The summed E-state index contributed by atoms with van der Waals surface area (Å²) in [5.41, 5.74) is 0. The van der Waals surface area contributed by atoms with Crippen LogP contribution in [0.3, 0.4) is 0 Å². The van der Waals surface area contributed by atoms with Gasteiger partial charge in [-0.1, -0.05) is 0 Å². The Hall–Kier alpha value is 0.270. The molecule has 1 aromatic heterocycles. The Balaban J connectivity index is 2.32. The van der Waals surface area contributed by atoms with Crippen molar-refractivity contribution in [1.29, 1.82) is 0 Å². The van der Waals surface area contributed by atoms with E-state index in [1.165, 1.54) is 0 Å². The molecule has 12 nitrogen and oxygen atoms in total. The number of nitrogens with zero attached hydrogens (tertiary/aromatic N) is 3. The van der Waals surface area contributed by atoms with Crippen LogP contribution in [0.15, 0.2) is 0 Å². The Bertz CT molecular complexity index is 706. The third-order valence-electron chi connectivity index (χ3n) is 5.51. The molecule has 0 unspecified atom stereocenters. The van der Waals surface area contributed by atoms with Gasteiger partial charge in [0.05, 0.1) is 99.1 Å². The molecule has 0 aliphatic heterocycles. The molecule has 0 fully saturated rings. The Kier molecular flexibility index (Phi) is 37.1. The average molecular weight is 796 g/mol. The molecule has 0 saturated carbocycles. The third kappa shape index (κ3) is 32.2. The zero-order valence-corrected chi connectivity index (χ0v) is 33.3. The largest absolute Gasteiger partial charge is 0.463 e. The number of hydrogen-bond acceptors (Lipinski definition) is 18. The lowest BCUT2D eigenvalue weighted by atomic mass is 10.5. The number of ether oxygens (including phenoxy) is 9. The van der Waals surface area contributed by atoms with Crippen LogP contribution in [0.4, 0.5) is 0 Å². The molecule has 0 N–H and O–H groups in total. The molecular formula is C30H57N3O9S6. The molecule has 0 aromatic carbocycles. The number of rotatable bonds is 39. The highest BCUT2D eigenvalue weighted by molar-refractivity contribution is 7.99. The van der Waals surface area contributed by atoms with E-state index in [-0.39, 0.29) is 18.0 Å². The van der Waals surface area contributed by atoms with Crippen molar-refractivity contribution in [3.8, 4) is 18.0 Å². The van der Waals surface area contributed by atoms with Crippen LogP contribution in [0.2, 0.25) is 0 Å². The first kappa shape index (κ1) is 46.3. The zero-order valence-electron chi connectivity index (χ0n) is 28.2. The third-order valence-corrected chi connectivity index (χ3v) is 9.15. The molecule has 0 aliphatic rings. The lowest BCUT2D eigenvalue weighted by Crippen LogP contribution is -2.11. The normalized spacial score (nSPS) is 11.3. The minimum atomic E-state index is 0.208. The highest BCUT2D eigenvalue weighted by atomic mass is 32.2. The van der Waals surface area contributed by atoms with Gasteiger partial charge in [-0.3, -0.25) is 0 Å². The number of thiol groups is 3. The molecule has 282 valence electrons. The fourth-order valence-electron chi connectivity index (χ4n) is 3.31. The maximum atomic E-state index is 5.85. The van der Waals surface area contributed by atoms with E-state index in [4.69, 9.17) is 42.6 Å². The van der Waals surface area contributed by atoms with Crippen molar-refractivity contribution in [2.45, 2.75) is 19.3 Å². The second kappa shape index (κ2) is 38.5. The summed E-state index contributed by atoms with van der Waals surface area (Å²) in [7, 11) is 0. The van der Waals surface area contributed by atoms with E-state index in [0.29, 0.717) is 99.1 Å². The second-order valence-corrected chi connectivity index (χ2v) is 14.5. The topological polar surface area (TPSA) is 122 Å². The van der Waals surface area contributed by atoms with E-state index in [1.54, 1.807) is 0 Å². The van der Waals surface area contributed by atoms with E-state index in [9.17, 15) is 0 Å². The van der Waals surface area contributed by atoms with Crippen molar-refractivity contribution in [1.82, 2.24) is 15.0 Å². The van der Waals surface area contributed by atoms with Gasteiger partial charge in [0.25, 0.3) is 0 Å². The van der Waals surface area contributed by atoms with Crippen LogP contribution in [-0.2, 0) is 28.4 Å². The number of aromatic nitrogens is 3. The van der Waals surface area contributed by atoms with Crippen molar-refractivity contribution in [3.63, 3.8) is 0 Å². The molecule has 0 saturated heterocycles. The molecule has 1 heterocycles. The van der Waals surface area contributed by atoms with Gasteiger partial charge < -0.3 is 42.6 Å². The van der Waals surface area contributed by atoms with Gasteiger partial charge in [0.15, 0.2) is 0 Å². The molecule has 1 rings (SSSR count). The quantitative estimate of drug-likeness (QED) is 0.0650. The van der Waals surface area contributed by atoms with Crippen LogP contribution in [0, 0.1) is 0 Å². The first-order valence-electron chi connectivity index (χ1n) is 16.5. The van der Waals surface area contributed by atoms with Crippen LogP contribution in [0.1, 0.15) is 19.3 Å². The molecule has 0 aliphatic carbocycles. The molecule has 0 spiro atoms.